The van der Waals surface area contributed by atoms with Crippen LogP contribution >= 0.6 is 24.0 Å². The van der Waals surface area contributed by atoms with Crippen molar-refractivity contribution in [2.75, 3.05) is 5.75 Å². The molecule has 1 saturated heterocycles. The van der Waals surface area contributed by atoms with Crippen LogP contribution in [0.25, 0.3) is 0 Å². The first-order valence-corrected chi connectivity index (χ1v) is 8.01. The topological polar surface area (TPSA) is 55.1 Å². The van der Waals surface area contributed by atoms with Gasteiger partial charge in [0.05, 0.1) is 5.25 Å². The molecule has 1 aliphatic rings. The second-order valence-corrected chi connectivity index (χ2v) is 6.49. The monoisotopic (exact) mass is 312 g/mol. The third-order valence-electron chi connectivity index (χ3n) is 3.26. The van der Waals surface area contributed by atoms with Gasteiger partial charge in [0, 0.05) is 17.7 Å². The zero-order chi connectivity index (χ0) is 14.5. The number of thiocarbonyl (C=S) groups is 1. The molecule has 1 atom stereocenters. The fraction of sp³-hybridized carbons (Fsp3) is 0.429. The van der Waals surface area contributed by atoms with Crippen molar-refractivity contribution >= 4 is 34.9 Å². The molecule has 1 unspecified atom stereocenters. The van der Waals surface area contributed by atoms with Gasteiger partial charge in [0.15, 0.2) is 0 Å². The molecule has 0 bridgehead atoms. The van der Waals surface area contributed by atoms with Gasteiger partial charge < -0.3 is 11.1 Å². The molecule has 1 aromatic rings. The van der Waals surface area contributed by atoms with Gasteiger partial charge in [-0.05, 0) is 24.7 Å². The number of benzene rings is 1. The Kier molecular flexibility index (Phi) is 5.37. The van der Waals surface area contributed by atoms with E-state index in [1.165, 1.54) is 12.5 Å². The Bertz CT molecular complexity index is 516. The lowest BCUT2D eigenvalue weighted by Crippen LogP contribution is -2.34. The average Bonchev–Trinajstić information content (AvgIpc) is 2.46. The van der Waals surface area contributed by atoms with Crippen LogP contribution in [0.5, 0.6) is 0 Å². The average molecular weight is 312 g/mol. The smallest absolute Gasteiger partial charge is 0.233 e. The van der Waals surface area contributed by atoms with Gasteiger partial charge in [0.1, 0.15) is 10.8 Å². The number of nitrogens with one attached hydrogen (secondary N) is 1. The van der Waals surface area contributed by atoms with E-state index in [1.807, 2.05) is 0 Å². The van der Waals surface area contributed by atoms with Gasteiger partial charge in [0.2, 0.25) is 5.91 Å². The van der Waals surface area contributed by atoms with Crippen LogP contribution in [0.3, 0.4) is 0 Å². The summed E-state index contributed by atoms with van der Waals surface area (Å²) in [6.45, 7) is 0.194. The van der Waals surface area contributed by atoms with E-state index in [1.54, 1.807) is 23.9 Å². The quantitative estimate of drug-likeness (QED) is 0.838. The lowest BCUT2D eigenvalue weighted by molar-refractivity contribution is -0.120. The van der Waals surface area contributed by atoms with Gasteiger partial charge >= 0.3 is 0 Å². The molecular formula is C14H17FN2OS2. The molecule has 3 N–H and O–H groups in total. The first kappa shape index (κ1) is 15.3. The third-order valence-corrected chi connectivity index (χ3v) is 4.88. The van der Waals surface area contributed by atoms with Crippen LogP contribution in [0.4, 0.5) is 4.39 Å². The van der Waals surface area contributed by atoms with E-state index in [-0.39, 0.29) is 22.7 Å². The molecule has 1 heterocycles. The van der Waals surface area contributed by atoms with Crippen molar-refractivity contribution in [3.63, 3.8) is 0 Å². The third kappa shape index (κ3) is 3.93. The maximum absolute atomic E-state index is 13.8. The highest BCUT2D eigenvalue weighted by Gasteiger charge is 2.21. The number of hydrogen-bond donors (Lipinski definition) is 2. The molecule has 1 aliphatic heterocycles. The van der Waals surface area contributed by atoms with Crippen molar-refractivity contribution < 1.29 is 9.18 Å². The van der Waals surface area contributed by atoms with E-state index in [2.05, 4.69) is 5.32 Å². The lowest BCUT2D eigenvalue weighted by atomic mass is 10.1. The normalized spacial score (nSPS) is 18.6. The first-order valence-electron chi connectivity index (χ1n) is 6.55. The summed E-state index contributed by atoms with van der Waals surface area (Å²) in [6.07, 6.45) is 3.16. The molecule has 108 valence electrons. The molecular weight excluding hydrogens is 295 g/mol. The number of amides is 1. The number of rotatable bonds is 4. The van der Waals surface area contributed by atoms with E-state index in [4.69, 9.17) is 18.0 Å². The van der Waals surface area contributed by atoms with Crippen LogP contribution in [-0.4, -0.2) is 21.9 Å². The minimum Gasteiger partial charge on any atom is -0.389 e. The van der Waals surface area contributed by atoms with Crippen LogP contribution in [0.1, 0.15) is 30.4 Å². The molecule has 2 rings (SSSR count). The van der Waals surface area contributed by atoms with Gasteiger partial charge in [-0.1, -0.05) is 30.8 Å². The molecule has 0 spiro atoms. The molecule has 0 saturated carbocycles. The van der Waals surface area contributed by atoms with Gasteiger partial charge in [-0.3, -0.25) is 4.79 Å². The predicted octanol–water partition coefficient (Wildman–Crippen LogP) is 2.36. The Balaban J connectivity index is 1.93. The molecule has 1 aromatic carbocycles. The van der Waals surface area contributed by atoms with Crippen molar-refractivity contribution in [3.05, 3.63) is 35.1 Å². The van der Waals surface area contributed by atoms with E-state index in [9.17, 15) is 9.18 Å². The number of carbonyl (C=O) groups is 1. The van der Waals surface area contributed by atoms with E-state index >= 15 is 0 Å². The number of thioether (sulfide) groups is 1. The second-order valence-electron chi connectivity index (χ2n) is 4.74. The van der Waals surface area contributed by atoms with E-state index in [0.29, 0.717) is 11.1 Å². The van der Waals surface area contributed by atoms with Crippen LogP contribution in [0.2, 0.25) is 0 Å². The highest BCUT2D eigenvalue weighted by molar-refractivity contribution is 8.00. The summed E-state index contributed by atoms with van der Waals surface area (Å²) >= 11 is 6.47. The molecule has 1 fully saturated rings. The van der Waals surface area contributed by atoms with Crippen LogP contribution in [0, 0.1) is 5.82 Å². The zero-order valence-corrected chi connectivity index (χ0v) is 12.7. The molecule has 20 heavy (non-hydrogen) atoms. The summed E-state index contributed by atoms with van der Waals surface area (Å²) in [5.41, 5.74) is 6.38. The largest absolute Gasteiger partial charge is 0.389 e. The number of nitrogens with two attached hydrogens (primary N) is 1. The summed E-state index contributed by atoms with van der Waals surface area (Å²) in [5, 5.41) is 2.80. The molecule has 0 aromatic heterocycles. The zero-order valence-electron chi connectivity index (χ0n) is 11.0. The number of hydrogen-bond acceptors (Lipinski definition) is 3. The van der Waals surface area contributed by atoms with Crippen LogP contribution in [-0.2, 0) is 11.3 Å². The first-order chi connectivity index (χ1) is 9.58. The molecule has 3 nitrogen and oxygen atoms in total. The SMILES string of the molecule is NC(=S)c1ccc(CNC(=O)C2CCCCS2)c(F)c1. The maximum Gasteiger partial charge on any atom is 0.233 e. The van der Waals surface area contributed by atoms with Crippen molar-refractivity contribution in [2.24, 2.45) is 5.73 Å². The summed E-state index contributed by atoms with van der Waals surface area (Å²) in [4.78, 5) is 12.1. The highest BCUT2D eigenvalue weighted by atomic mass is 32.2. The molecule has 0 aliphatic carbocycles. The van der Waals surface area contributed by atoms with Crippen molar-refractivity contribution in [1.82, 2.24) is 5.32 Å². The molecule has 0 radical (unpaired) electrons. The second kappa shape index (κ2) is 7.04. The van der Waals surface area contributed by atoms with Crippen molar-refractivity contribution in [1.29, 1.82) is 0 Å². The minimum atomic E-state index is -0.396. The Morgan fingerprint density at radius 1 is 1.50 bits per heavy atom. The van der Waals surface area contributed by atoms with Gasteiger partial charge in [-0.2, -0.15) is 0 Å². The highest BCUT2D eigenvalue weighted by Crippen LogP contribution is 2.25. The fourth-order valence-electron chi connectivity index (χ4n) is 2.09. The van der Waals surface area contributed by atoms with Crippen molar-refractivity contribution in [3.8, 4) is 0 Å². The summed E-state index contributed by atoms with van der Waals surface area (Å²) in [6, 6.07) is 4.58. The van der Waals surface area contributed by atoms with Gasteiger partial charge in [-0.25, -0.2) is 4.39 Å². The van der Waals surface area contributed by atoms with E-state index in [0.717, 1.165) is 18.6 Å². The van der Waals surface area contributed by atoms with E-state index < -0.39 is 5.82 Å². The summed E-state index contributed by atoms with van der Waals surface area (Å²) in [5.74, 6) is 0.620. The maximum atomic E-state index is 13.8. The standard InChI is InChI=1S/C14H17FN2OS2/c15-11-7-9(13(16)19)4-5-10(11)8-17-14(18)12-3-1-2-6-20-12/h4-5,7,12H,1-3,6,8H2,(H2,16,19)(H,17,18). The summed E-state index contributed by atoms with van der Waals surface area (Å²) in [7, 11) is 0. The van der Waals surface area contributed by atoms with Crippen LogP contribution < -0.4 is 11.1 Å². The number of carbonyl (C=O) groups excluding carboxylic acids is 1. The Morgan fingerprint density at radius 3 is 2.90 bits per heavy atom. The summed E-state index contributed by atoms with van der Waals surface area (Å²) < 4.78 is 13.8. The van der Waals surface area contributed by atoms with Gasteiger partial charge in [0.25, 0.3) is 0 Å². The fourth-order valence-corrected chi connectivity index (χ4v) is 3.44. The Hall–Kier alpha value is -1.14. The van der Waals surface area contributed by atoms with Crippen LogP contribution in [0.15, 0.2) is 18.2 Å². The van der Waals surface area contributed by atoms with Crippen molar-refractivity contribution in [2.45, 2.75) is 31.1 Å². The minimum absolute atomic E-state index is 0.00250. The number of halogens is 1. The Morgan fingerprint density at radius 2 is 2.30 bits per heavy atom. The molecule has 6 heteroatoms. The predicted molar refractivity (Wildman–Crippen MR) is 84.2 cm³/mol. The Labute approximate surface area is 127 Å². The lowest BCUT2D eigenvalue weighted by Gasteiger charge is -2.20. The molecule has 1 amide bonds. The van der Waals surface area contributed by atoms with Gasteiger partial charge in [-0.15, -0.1) is 11.8 Å².